The summed E-state index contributed by atoms with van der Waals surface area (Å²) in [5.41, 5.74) is 3.50. The standard InChI is InChI=1S/C19H17Cl2NO/c1-23-11-8-9-17-15(10-11)12-4-2-5-13(12)19(22-17)14-6-3-7-16(20)18(14)21/h2-4,6-10,12-13,19,22H,5H2,1H3/t12-,13-,19+/m1/s1. The van der Waals surface area contributed by atoms with Crippen LogP contribution in [0.3, 0.4) is 0 Å². The van der Waals surface area contributed by atoms with Gasteiger partial charge in [-0.15, -0.1) is 0 Å². The zero-order valence-corrected chi connectivity index (χ0v) is 14.2. The lowest BCUT2D eigenvalue weighted by molar-refractivity contribution is 0.405. The van der Waals surface area contributed by atoms with Crippen LogP contribution >= 0.6 is 23.2 Å². The maximum atomic E-state index is 6.48. The molecule has 2 aromatic carbocycles. The van der Waals surface area contributed by atoms with Crippen molar-refractivity contribution in [3.05, 3.63) is 69.7 Å². The number of hydrogen-bond donors (Lipinski definition) is 1. The molecule has 0 spiro atoms. The highest BCUT2D eigenvalue weighted by molar-refractivity contribution is 6.42. The van der Waals surface area contributed by atoms with Gasteiger partial charge in [0.1, 0.15) is 5.75 Å². The fourth-order valence-corrected chi connectivity index (χ4v) is 4.19. The second kappa shape index (κ2) is 5.77. The van der Waals surface area contributed by atoms with Gasteiger partial charge in [0, 0.05) is 11.6 Å². The van der Waals surface area contributed by atoms with Crippen LogP contribution in [-0.4, -0.2) is 7.11 Å². The lowest BCUT2D eigenvalue weighted by Crippen LogP contribution is -2.29. The van der Waals surface area contributed by atoms with Gasteiger partial charge in [-0.25, -0.2) is 0 Å². The third kappa shape index (κ3) is 2.41. The van der Waals surface area contributed by atoms with Crippen LogP contribution in [0.4, 0.5) is 5.69 Å². The van der Waals surface area contributed by atoms with Crippen LogP contribution < -0.4 is 10.1 Å². The number of allylic oxidation sites excluding steroid dienone is 2. The minimum atomic E-state index is 0.155. The third-order valence-electron chi connectivity index (χ3n) is 4.89. The van der Waals surface area contributed by atoms with Crippen molar-refractivity contribution in [2.45, 2.75) is 18.4 Å². The van der Waals surface area contributed by atoms with Gasteiger partial charge in [0.15, 0.2) is 0 Å². The van der Waals surface area contributed by atoms with E-state index < -0.39 is 0 Å². The summed E-state index contributed by atoms with van der Waals surface area (Å²) in [5.74, 6) is 1.70. The number of nitrogens with one attached hydrogen (secondary N) is 1. The number of ether oxygens (including phenoxy) is 1. The first-order valence-electron chi connectivity index (χ1n) is 7.74. The predicted molar refractivity (Wildman–Crippen MR) is 95.8 cm³/mol. The van der Waals surface area contributed by atoms with E-state index in [1.807, 2.05) is 18.2 Å². The van der Waals surface area contributed by atoms with Crippen LogP contribution in [0.1, 0.15) is 29.5 Å². The molecule has 1 heterocycles. The highest BCUT2D eigenvalue weighted by atomic mass is 35.5. The van der Waals surface area contributed by atoms with Gasteiger partial charge >= 0.3 is 0 Å². The van der Waals surface area contributed by atoms with Gasteiger partial charge in [-0.05, 0) is 47.7 Å². The van der Waals surface area contributed by atoms with E-state index in [9.17, 15) is 0 Å². The normalized spacial score (nSPS) is 24.7. The molecule has 0 amide bonds. The van der Waals surface area contributed by atoms with Crippen molar-refractivity contribution in [2.24, 2.45) is 5.92 Å². The molecule has 2 aromatic rings. The molecule has 118 valence electrons. The molecule has 4 heteroatoms. The molecule has 0 saturated carbocycles. The van der Waals surface area contributed by atoms with Crippen LogP contribution in [-0.2, 0) is 0 Å². The van der Waals surface area contributed by atoms with Crippen molar-refractivity contribution < 1.29 is 4.74 Å². The Balaban J connectivity index is 1.81. The van der Waals surface area contributed by atoms with Crippen molar-refractivity contribution in [3.63, 3.8) is 0 Å². The Morgan fingerprint density at radius 2 is 2.00 bits per heavy atom. The number of anilines is 1. The number of fused-ring (bicyclic) bond motifs is 3. The first kappa shape index (κ1) is 14.9. The van der Waals surface area contributed by atoms with Crippen LogP contribution in [0.25, 0.3) is 0 Å². The Bertz CT molecular complexity index is 787. The lowest BCUT2D eigenvalue weighted by Gasteiger charge is -2.38. The summed E-state index contributed by atoms with van der Waals surface area (Å²) in [6, 6.07) is 12.2. The van der Waals surface area contributed by atoms with Gasteiger partial charge in [0.2, 0.25) is 0 Å². The average molecular weight is 346 g/mol. The average Bonchev–Trinajstić information content (AvgIpc) is 3.06. The molecule has 1 aliphatic heterocycles. The quantitative estimate of drug-likeness (QED) is 0.691. The molecule has 1 aliphatic carbocycles. The fraction of sp³-hybridized carbons (Fsp3) is 0.263. The summed E-state index contributed by atoms with van der Waals surface area (Å²) in [6.45, 7) is 0. The zero-order valence-electron chi connectivity index (χ0n) is 12.7. The molecule has 3 atom stereocenters. The monoisotopic (exact) mass is 345 g/mol. The van der Waals surface area contributed by atoms with Crippen LogP contribution in [0.15, 0.2) is 48.6 Å². The molecule has 4 rings (SSSR count). The molecular weight excluding hydrogens is 329 g/mol. The number of halogens is 2. The van der Waals surface area contributed by atoms with E-state index in [0.717, 1.165) is 23.4 Å². The van der Waals surface area contributed by atoms with E-state index in [2.05, 4.69) is 35.7 Å². The van der Waals surface area contributed by atoms with Gasteiger partial charge in [-0.3, -0.25) is 0 Å². The molecule has 1 N–H and O–H groups in total. The molecule has 2 aliphatic rings. The summed E-state index contributed by atoms with van der Waals surface area (Å²) in [7, 11) is 1.70. The summed E-state index contributed by atoms with van der Waals surface area (Å²) in [6.07, 6.45) is 5.59. The van der Waals surface area contributed by atoms with Gasteiger partial charge in [0.25, 0.3) is 0 Å². The fourth-order valence-electron chi connectivity index (χ4n) is 3.77. The second-order valence-electron chi connectivity index (χ2n) is 6.07. The van der Waals surface area contributed by atoms with Gasteiger partial charge < -0.3 is 10.1 Å². The number of methoxy groups -OCH3 is 1. The van der Waals surface area contributed by atoms with Crippen molar-refractivity contribution in [1.29, 1.82) is 0 Å². The van der Waals surface area contributed by atoms with Crippen molar-refractivity contribution >= 4 is 28.9 Å². The second-order valence-corrected chi connectivity index (χ2v) is 6.86. The van der Waals surface area contributed by atoms with E-state index in [-0.39, 0.29) is 6.04 Å². The molecule has 0 radical (unpaired) electrons. The van der Waals surface area contributed by atoms with Crippen molar-refractivity contribution in [1.82, 2.24) is 0 Å². The van der Waals surface area contributed by atoms with Crippen molar-refractivity contribution in [2.75, 3.05) is 12.4 Å². The molecule has 0 fully saturated rings. The van der Waals surface area contributed by atoms with Crippen LogP contribution in [0.5, 0.6) is 5.75 Å². The Kier molecular flexibility index (Phi) is 3.74. The topological polar surface area (TPSA) is 21.3 Å². The van der Waals surface area contributed by atoms with Gasteiger partial charge in [0.05, 0.1) is 23.2 Å². The zero-order chi connectivity index (χ0) is 16.0. The van der Waals surface area contributed by atoms with E-state index in [1.165, 1.54) is 5.56 Å². The summed E-state index contributed by atoms with van der Waals surface area (Å²) in [5, 5.41) is 4.92. The highest BCUT2D eigenvalue weighted by Gasteiger charge is 2.38. The molecule has 23 heavy (non-hydrogen) atoms. The largest absolute Gasteiger partial charge is 0.497 e. The molecule has 0 unspecified atom stereocenters. The summed E-state index contributed by atoms with van der Waals surface area (Å²) >= 11 is 12.7. The minimum Gasteiger partial charge on any atom is -0.497 e. The molecule has 0 saturated heterocycles. The SMILES string of the molecule is COc1ccc2c(c1)[C@@H]1C=CC[C@H]1[C@@H](c1cccc(Cl)c1Cl)N2. The Hall–Kier alpha value is -1.64. The first-order chi connectivity index (χ1) is 11.2. The summed E-state index contributed by atoms with van der Waals surface area (Å²) in [4.78, 5) is 0. The first-order valence-corrected chi connectivity index (χ1v) is 8.49. The van der Waals surface area contributed by atoms with E-state index >= 15 is 0 Å². The minimum absolute atomic E-state index is 0.155. The lowest BCUT2D eigenvalue weighted by atomic mass is 9.77. The van der Waals surface area contributed by atoms with E-state index in [0.29, 0.717) is 21.9 Å². The Morgan fingerprint density at radius 3 is 2.83 bits per heavy atom. The Labute approximate surface area is 146 Å². The van der Waals surface area contributed by atoms with E-state index in [4.69, 9.17) is 27.9 Å². The van der Waals surface area contributed by atoms with Gasteiger partial charge in [-0.1, -0.05) is 47.5 Å². The molecular formula is C19H17Cl2NO. The maximum Gasteiger partial charge on any atom is 0.119 e. The smallest absolute Gasteiger partial charge is 0.119 e. The third-order valence-corrected chi connectivity index (χ3v) is 5.72. The number of rotatable bonds is 2. The summed E-state index contributed by atoms with van der Waals surface area (Å²) < 4.78 is 5.38. The van der Waals surface area contributed by atoms with E-state index in [1.54, 1.807) is 7.11 Å². The van der Waals surface area contributed by atoms with Crippen LogP contribution in [0.2, 0.25) is 10.0 Å². The Morgan fingerprint density at radius 1 is 1.13 bits per heavy atom. The molecule has 0 bridgehead atoms. The molecule has 0 aromatic heterocycles. The molecule has 2 nitrogen and oxygen atoms in total. The van der Waals surface area contributed by atoms with Crippen molar-refractivity contribution in [3.8, 4) is 5.75 Å². The predicted octanol–water partition coefficient (Wildman–Crippen LogP) is 5.83. The highest BCUT2D eigenvalue weighted by Crippen LogP contribution is 2.51. The number of benzene rings is 2. The van der Waals surface area contributed by atoms with Crippen LogP contribution in [0, 0.1) is 5.92 Å². The number of hydrogen-bond acceptors (Lipinski definition) is 2. The van der Waals surface area contributed by atoms with Gasteiger partial charge in [-0.2, -0.15) is 0 Å². The maximum absolute atomic E-state index is 6.48.